The summed E-state index contributed by atoms with van der Waals surface area (Å²) in [6.45, 7) is 6.87. The Bertz CT molecular complexity index is 1620. The number of carbonyl (C=O) groups is 2. The molecule has 0 aliphatic heterocycles. The van der Waals surface area contributed by atoms with Crippen molar-refractivity contribution < 1.29 is 54.6 Å². The molecule has 0 amide bonds. The van der Waals surface area contributed by atoms with Gasteiger partial charge in [-0.05, 0) is 86.8 Å². The number of pyridine rings is 2. The number of esters is 1. The molecule has 2 heterocycles. The van der Waals surface area contributed by atoms with Gasteiger partial charge < -0.3 is 28.8 Å². The van der Waals surface area contributed by atoms with Crippen molar-refractivity contribution in [2.45, 2.75) is 96.1 Å². The maximum absolute atomic E-state index is 14.2. The summed E-state index contributed by atoms with van der Waals surface area (Å²) in [7, 11) is 6.76. The largest absolute Gasteiger partial charge is 0.480 e. The van der Waals surface area contributed by atoms with Gasteiger partial charge >= 0.3 is 24.3 Å². The van der Waals surface area contributed by atoms with E-state index in [-0.39, 0.29) is 37.1 Å². The first-order valence-corrected chi connectivity index (χ1v) is 16.2. The summed E-state index contributed by atoms with van der Waals surface area (Å²) in [5.41, 5.74) is -8.38. The minimum Gasteiger partial charge on any atom is -0.480 e. The molecular formula is C34H48F8N4O6. The molecule has 0 fully saturated rings. The Morgan fingerprint density at radius 1 is 0.712 bits per heavy atom. The fourth-order valence-corrected chi connectivity index (χ4v) is 5.04. The molecule has 2 aromatic rings. The number of carboxylic acids is 1. The minimum absolute atomic E-state index is 0.00488. The van der Waals surface area contributed by atoms with Crippen molar-refractivity contribution in [3.05, 3.63) is 67.5 Å². The zero-order valence-electron chi connectivity index (χ0n) is 30.7. The number of carboxylic acid groups (broad SMARTS) is 1. The molecule has 0 saturated heterocycles. The van der Waals surface area contributed by atoms with Gasteiger partial charge in [0.2, 0.25) is 0 Å². The number of ether oxygens (including phenoxy) is 1. The van der Waals surface area contributed by atoms with Gasteiger partial charge in [0, 0.05) is 50.5 Å². The van der Waals surface area contributed by atoms with Crippen molar-refractivity contribution in [1.29, 1.82) is 0 Å². The second-order valence-corrected chi connectivity index (χ2v) is 14.0. The van der Waals surface area contributed by atoms with Crippen LogP contribution in [0.25, 0.3) is 0 Å². The Morgan fingerprint density at radius 2 is 1.06 bits per heavy atom. The van der Waals surface area contributed by atoms with Gasteiger partial charge in [0.25, 0.3) is 11.1 Å². The first kappa shape index (κ1) is 46.2. The van der Waals surface area contributed by atoms with Gasteiger partial charge in [0.05, 0.1) is 17.7 Å². The highest BCUT2D eigenvalue weighted by Gasteiger charge is 2.38. The normalized spacial score (nSPS) is 13.8. The highest BCUT2D eigenvalue weighted by Crippen LogP contribution is 2.34. The number of aromatic nitrogens is 2. The van der Waals surface area contributed by atoms with Crippen molar-refractivity contribution in [2.24, 2.45) is 0 Å². The van der Waals surface area contributed by atoms with Crippen LogP contribution in [0.4, 0.5) is 35.1 Å². The fraction of sp³-hybridized carbons (Fsp3) is 0.647. The standard InChI is InChI=1S/C18H26F4N2O3.C16H22F4N2O3/c1-6-27-16(26)14(10-17(2,3)19)24-11-12(7-8-23(4)5)13(9-15(24)25)18(20,21)22;1-15(2,17)8-12(14(24)25)22-9-10(5-6-21(3)4)11(7-13(22)23)16(18,19)20/h9,11,14H,6-8,10H2,1-5H3;7,9,12H,5-6,8H2,1-4H3,(H,24,25). The number of aliphatic carboxylic acids is 1. The number of hydrogen-bond acceptors (Lipinski definition) is 7. The van der Waals surface area contributed by atoms with Crippen molar-refractivity contribution >= 4 is 11.9 Å². The van der Waals surface area contributed by atoms with E-state index >= 15 is 0 Å². The zero-order valence-corrected chi connectivity index (χ0v) is 30.7. The van der Waals surface area contributed by atoms with Crippen molar-refractivity contribution in [2.75, 3.05) is 47.9 Å². The van der Waals surface area contributed by atoms with Crippen LogP contribution in [0.15, 0.2) is 34.1 Å². The summed E-state index contributed by atoms with van der Waals surface area (Å²) < 4.78 is 114. The lowest BCUT2D eigenvalue weighted by Gasteiger charge is -2.25. The summed E-state index contributed by atoms with van der Waals surface area (Å²) in [5.74, 6) is -2.34. The third-order valence-electron chi connectivity index (χ3n) is 7.47. The molecule has 2 atom stereocenters. The summed E-state index contributed by atoms with van der Waals surface area (Å²) in [6.07, 6.45) is -8.52. The first-order valence-electron chi connectivity index (χ1n) is 16.2. The Morgan fingerprint density at radius 3 is 1.35 bits per heavy atom. The topological polar surface area (TPSA) is 114 Å². The van der Waals surface area contributed by atoms with Crippen molar-refractivity contribution in [1.82, 2.24) is 18.9 Å². The fourth-order valence-electron chi connectivity index (χ4n) is 5.04. The van der Waals surface area contributed by atoms with E-state index in [0.29, 0.717) is 23.2 Å². The molecular weight excluding hydrogens is 712 g/mol. The van der Waals surface area contributed by atoms with Crippen LogP contribution in [-0.4, -0.2) is 95.2 Å². The molecule has 0 aliphatic carbocycles. The lowest BCUT2D eigenvalue weighted by Crippen LogP contribution is -2.36. The average molecular weight is 761 g/mol. The Balaban J connectivity index is 0.000000522. The SMILES string of the molecule is CCOC(=O)C(CC(C)(C)F)n1cc(CCN(C)C)c(C(F)(F)F)cc1=O.CN(C)CCc1cn(C(CC(C)(C)F)C(=O)O)c(=O)cc1C(F)(F)F. The lowest BCUT2D eigenvalue weighted by molar-refractivity contribution is -0.148. The van der Waals surface area contributed by atoms with E-state index in [9.17, 15) is 59.4 Å². The van der Waals surface area contributed by atoms with Crippen LogP contribution in [-0.2, 0) is 39.5 Å². The van der Waals surface area contributed by atoms with Gasteiger partial charge in [0.15, 0.2) is 0 Å². The van der Waals surface area contributed by atoms with E-state index < -0.39 is 82.8 Å². The van der Waals surface area contributed by atoms with E-state index in [1.54, 1.807) is 44.9 Å². The highest BCUT2D eigenvalue weighted by molar-refractivity contribution is 5.74. The molecule has 52 heavy (non-hydrogen) atoms. The summed E-state index contributed by atoms with van der Waals surface area (Å²) >= 11 is 0. The van der Waals surface area contributed by atoms with Gasteiger partial charge in [-0.3, -0.25) is 9.59 Å². The van der Waals surface area contributed by atoms with Gasteiger partial charge in [-0.15, -0.1) is 0 Å². The zero-order chi connectivity index (χ0) is 40.6. The lowest BCUT2D eigenvalue weighted by atomic mass is 9.99. The number of halogens is 8. The molecule has 0 saturated carbocycles. The van der Waals surface area contributed by atoms with Crippen LogP contribution in [0.5, 0.6) is 0 Å². The van der Waals surface area contributed by atoms with E-state index in [1.807, 2.05) is 0 Å². The molecule has 0 radical (unpaired) electrons. The molecule has 10 nitrogen and oxygen atoms in total. The molecule has 18 heteroatoms. The Kier molecular flexibility index (Phi) is 16.3. The van der Waals surface area contributed by atoms with Crippen molar-refractivity contribution in [3.63, 3.8) is 0 Å². The number of rotatable bonds is 15. The van der Waals surface area contributed by atoms with Crippen LogP contribution in [0, 0.1) is 0 Å². The van der Waals surface area contributed by atoms with Crippen molar-refractivity contribution in [3.8, 4) is 0 Å². The Hall–Kier alpha value is -3.80. The highest BCUT2D eigenvalue weighted by atomic mass is 19.4. The molecule has 2 rings (SSSR count). The molecule has 2 aromatic heterocycles. The summed E-state index contributed by atoms with van der Waals surface area (Å²) in [4.78, 5) is 51.5. The van der Waals surface area contributed by atoms with E-state index in [2.05, 4.69) is 0 Å². The molecule has 0 aliphatic rings. The molecule has 1 N–H and O–H groups in total. The maximum atomic E-state index is 14.2. The maximum Gasteiger partial charge on any atom is 0.416 e. The van der Waals surface area contributed by atoms with Crippen LogP contribution in [0.3, 0.4) is 0 Å². The van der Waals surface area contributed by atoms with Crippen LogP contribution >= 0.6 is 0 Å². The third kappa shape index (κ3) is 15.0. The predicted octanol–water partition coefficient (Wildman–Crippen LogP) is 5.95. The van der Waals surface area contributed by atoms with Gasteiger partial charge in [0.1, 0.15) is 23.4 Å². The predicted molar refractivity (Wildman–Crippen MR) is 178 cm³/mol. The number of likely N-dealkylation sites (N-methyl/N-ethyl adjacent to an activating group) is 2. The minimum atomic E-state index is -4.74. The monoisotopic (exact) mass is 760 g/mol. The number of alkyl halides is 8. The summed E-state index contributed by atoms with van der Waals surface area (Å²) in [6, 6.07) is -2.10. The number of nitrogens with zero attached hydrogens (tertiary/aromatic N) is 4. The first-order chi connectivity index (χ1) is 23.5. The molecule has 2 unspecified atom stereocenters. The number of hydrogen-bond donors (Lipinski definition) is 1. The van der Waals surface area contributed by atoms with Gasteiger partial charge in [-0.1, -0.05) is 0 Å². The Labute approximate surface area is 297 Å². The second-order valence-electron chi connectivity index (χ2n) is 14.0. The van der Waals surface area contributed by atoms with Gasteiger partial charge in [-0.25, -0.2) is 18.4 Å². The third-order valence-corrected chi connectivity index (χ3v) is 7.47. The van der Waals surface area contributed by atoms with Crippen LogP contribution < -0.4 is 11.1 Å². The second kappa shape index (κ2) is 18.3. The van der Waals surface area contributed by atoms with E-state index in [0.717, 1.165) is 30.8 Å². The molecule has 296 valence electrons. The van der Waals surface area contributed by atoms with Crippen LogP contribution in [0.1, 0.15) is 81.8 Å². The molecule has 0 aromatic carbocycles. The van der Waals surface area contributed by atoms with E-state index in [4.69, 9.17) is 4.74 Å². The van der Waals surface area contributed by atoms with E-state index in [1.165, 1.54) is 13.8 Å². The molecule has 0 bridgehead atoms. The summed E-state index contributed by atoms with van der Waals surface area (Å²) in [5, 5.41) is 9.30. The average Bonchev–Trinajstić information content (AvgIpc) is 2.95. The quantitative estimate of drug-likeness (QED) is 0.175. The molecule has 0 spiro atoms. The number of carbonyl (C=O) groups excluding carboxylic acids is 1. The smallest absolute Gasteiger partial charge is 0.416 e. The van der Waals surface area contributed by atoms with Gasteiger partial charge in [-0.2, -0.15) is 26.3 Å². The van der Waals surface area contributed by atoms with Crippen LogP contribution in [0.2, 0.25) is 0 Å².